The minimum atomic E-state index is -0.933. The fourth-order valence-corrected chi connectivity index (χ4v) is 5.40. The molecule has 4 nitrogen and oxygen atoms in total. The zero-order chi connectivity index (χ0) is 28.9. The molecule has 208 valence electrons. The predicted molar refractivity (Wildman–Crippen MR) is 167 cm³/mol. The minimum Gasteiger partial charge on any atom is -0.497 e. The third-order valence-electron chi connectivity index (χ3n) is 7.55. The van der Waals surface area contributed by atoms with Crippen LogP contribution in [0, 0.1) is 5.82 Å². The lowest BCUT2D eigenvalue weighted by Gasteiger charge is -2.29. The first-order valence-corrected chi connectivity index (χ1v) is 13.9. The number of ketones is 1. The maximum Gasteiger partial charge on any atom is 0.194 e. The number of carbonyl (C=O) groups excluding carboxylic acids is 1. The highest BCUT2D eigenvalue weighted by Gasteiger charge is 2.32. The van der Waals surface area contributed by atoms with Crippen LogP contribution in [0.5, 0.6) is 5.75 Å². The fourth-order valence-electron chi connectivity index (χ4n) is 5.40. The van der Waals surface area contributed by atoms with Gasteiger partial charge in [-0.25, -0.2) is 4.39 Å². The topological polar surface area (TPSA) is 47.6 Å². The first-order valence-electron chi connectivity index (χ1n) is 13.9. The van der Waals surface area contributed by atoms with Crippen molar-refractivity contribution in [1.29, 1.82) is 0 Å². The van der Waals surface area contributed by atoms with Crippen LogP contribution in [0.2, 0.25) is 0 Å². The Kier molecular flexibility index (Phi) is 7.93. The average Bonchev–Trinajstić information content (AvgIpc) is 3.04. The molecule has 0 saturated heterocycles. The summed E-state index contributed by atoms with van der Waals surface area (Å²) < 4.78 is 26.0. The molecule has 6 aromatic rings. The Morgan fingerprint density at radius 1 is 0.738 bits per heavy atom. The number of carbonyl (C=O) groups is 1. The summed E-state index contributed by atoms with van der Waals surface area (Å²) in [5.74, 6) is 0.196. The molecule has 0 bridgehead atoms. The van der Waals surface area contributed by atoms with Gasteiger partial charge >= 0.3 is 0 Å². The molecule has 5 heteroatoms. The lowest BCUT2D eigenvalue weighted by molar-refractivity contribution is 0.0267. The predicted octanol–water partition coefficient (Wildman–Crippen LogP) is 8.76. The maximum absolute atomic E-state index is 14.2. The van der Waals surface area contributed by atoms with Gasteiger partial charge in [0.05, 0.1) is 19.8 Å². The normalized spacial score (nSPS) is 12.6. The van der Waals surface area contributed by atoms with Crippen LogP contribution in [0.3, 0.4) is 0 Å². The van der Waals surface area contributed by atoms with Crippen molar-refractivity contribution in [3.63, 3.8) is 0 Å². The Morgan fingerprint density at radius 2 is 1.33 bits per heavy atom. The number of nitrogens with one attached hydrogen (secondary N) is 1. The van der Waals surface area contributed by atoms with Gasteiger partial charge in [0.1, 0.15) is 17.7 Å². The first kappa shape index (κ1) is 27.2. The molecule has 0 fully saturated rings. The molecule has 0 aromatic heterocycles. The third-order valence-corrected chi connectivity index (χ3v) is 7.55. The van der Waals surface area contributed by atoms with E-state index in [4.69, 9.17) is 9.47 Å². The van der Waals surface area contributed by atoms with Gasteiger partial charge in [0.25, 0.3) is 0 Å². The van der Waals surface area contributed by atoms with Gasteiger partial charge in [-0.15, -0.1) is 0 Å². The van der Waals surface area contributed by atoms with Crippen molar-refractivity contribution in [3.8, 4) is 5.75 Å². The molecule has 0 unspecified atom stereocenters. The molecular weight excluding hydrogens is 525 g/mol. The third kappa shape index (κ3) is 5.73. The Labute approximate surface area is 244 Å². The van der Waals surface area contributed by atoms with E-state index in [1.54, 1.807) is 31.4 Å². The van der Waals surface area contributed by atoms with Gasteiger partial charge in [-0.2, -0.15) is 0 Å². The van der Waals surface area contributed by atoms with Crippen LogP contribution in [-0.4, -0.2) is 19.0 Å². The van der Waals surface area contributed by atoms with E-state index in [9.17, 15) is 9.18 Å². The Balaban J connectivity index is 1.44. The second-order valence-corrected chi connectivity index (χ2v) is 10.2. The molecule has 1 N–H and O–H groups in total. The summed E-state index contributed by atoms with van der Waals surface area (Å²) in [7, 11) is 1.61. The molecule has 0 aliphatic rings. The van der Waals surface area contributed by atoms with Crippen molar-refractivity contribution in [2.45, 2.75) is 18.8 Å². The lowest BCUT2D eigenvalue weighted by atomic mass is 9.93. The quantitative estimate of drug-likeness (QED) is 0.136. The Morgan fingerprint density at radius 3 is 1.95 bits per heavy atom. The molecule has 0 aliphatic heterocycles. The molecule has 6 rings (SSSR count). The summed E-state index contributed by atoms with van der Waals surface area (Å²) in [6, 6.07) is 40.8. The lowest BCUT2D eigenvalue weighted by Crippen LogP contribution is -2.35. The van der Waals surface area contributed by atoms with E-state index in [-0.39, 0.29) is 18.2 Å². The number of benzene rings is 6. The summed E-state index contributed by atoms with van der Waals surface area (Å²) in [6.07, 6.45) is -0.933. The van der Waals surface area contributed by atoms with E-state index in [0.717, 1.165) is 44.1 Å². The van der Waals surface area contributed by atoms with Crippen molar-refractivity contribution in [1.82, 2.24) is 0 Å². The van der Waals surface area contributed by atoms with Crippen LogP contribution < -0.4 is 10.1 Å². The number of rotatable bonds is 10. The Bertz CT molecular complexity index is 1770. The molecule has 0 aliphatic carbocycles. The van der Waals surface area contributed by atoms with Gasteiger partial charge in [-0.1, -0.05) is 91.0 Å². The highest BCUT2D eigenvalue weighted by molar-refractivity contribution is 6.02. The number of anilines is 1. The highest BCUT2D eigenvalue weighted by Crippen LogP contribution is 2.33. The molecule has 6 aromatic carbocycles. The largest absolute Gasteiger partial charge is 0.497 e. The van der Waals surface area contributed by atoms with Gasteiger partial charge < -0.3 is 14.8 Å². The van der Waals surface area contributed by atoms with Crippen molar-refractivity contribution >= 4 is 33.0 Å². The highest BCUT2D eigenvalue weighted by atomic mass is 19.1. The van der Waals surface area contributed by atoms with E-state index in [1.807, 2.05) is 66.7 Å². The van der Waals surface area contributed by atoms with Crippen molar-refractivity contribution < 1.29 is 18.7 Å². The second kappa shape index (κ2) is 12.2. The summed E-state index contributed by atoms with van der Waals surface area (Å²) in [5, 5.41) is 7.86. The van der Waals surface area contributed by atoms with Crippen LogP contribution in [0.25, 0.3) is 21.5 Å². The van der Waals surface area contributed by atoms with Crippen LogP contribution in [-0.2, 0) is 11.3 Å². The summed E-state index contributed by atoms with van der Waals surface area (Å²) in [4.78, 5) is 14.2. The van der Waals surface area contributed by atoms with Gasteiger partial charge in [-0.05, 0) is 75.1 Å². The maximum atomic E-state index is 14.2. The standard InChI is InChI=1S/C37H30FNO3/c1-41-31-21-19-30(20-22-31)39-35(25-15-17-29(38)18-16-25)37(36(40)26-9-3-2-4-10-26)42-24-34-32-13-7-5-11-27(32)23-28-12-6-8-14-33(28)34/h2-23,35,37,39H,24H2,1H3/t35-,37+/m1/s1. The molecule has 0 radical (unpaired) electrons. The van der Waals surface area contributed by atoms with Crippen LogP contribution in [0.4, 0.5) is 10.1 Å². The molecule has 42 heavy (non-hydrogen) atoms. The van der Waals surface area contributed by atoms with E-state index in [1.165, 1.54) is 12.1 Å². The number of hydrogen-bond donors (Lipinski definition) is 1. The van der Waals surface area contributed by atoms with Gasteiger partial charge in [0, 0.05) is 11.3 Å². The van der Waals surface area contributed by atoms with Crippen molar-refractivity contribution in [2.24, 2.45) is 0 Å². The summed E-state index contributed by atoms with van der Waals surface area (Å²) in [5.41, 5.74) is 3.05. The average molecular weight is 556 g/mol. The van der Waals surface area contributed by atoms with E-state index >= 15 is 0 Å². The molecule has 0 amide bonds. The number of hydrogen-bond acceptors (Lipinski definition) is 4. The van der Waals surface area contributed by atoms with Crippen LogP contribution in [0.15, 0.2) is 133 Å². The number of halogens is 1. The molecule has 2 atom stereocenters. The summed E-state index contributed by atoms with van der Waals surface area (Å²) in [6.45, 7) is 0.201. The number of methoxy groups -OCH3 is 1. The smallest absolute Gasteiger partial charge is 0.194 e. The molecule has 0 saturated carbocycles. The Hall–Kier alpha value is -5.00. The van der Waals surface area contributed by atoms with Crippen molar-refractivity contribution in [2.75, 3.05) is 12.4 Å². The fraction of sp³-hybridized carbons (Fsp3) is 0.108. The van der Waals surface area contributed by atoms with Gasteiger partial charge in [-0.3, -0.25) is 4.79 Å². The molecular formula is C37H30FNO3. The van der Waals surface area contributed by atoms with Crippen LogP contribution >= 0.6 is 0 Å². The summed E-state index contributed by atoms with van der Waals surface area (Å²) >= 11 is 0. The molecule has 0 heterocycles. The van der Waals surface area contributed by atoms with Gasteiger partial charge in [0.15, 0.2) is 5.78 Å². The molecule has 0 spiro atoms. The van der Waals surface area contributed by atoms with Crippen molar-refractivity contribution in [3.05, 3.63) is 156 Å². The number of Topliss-reactive ketones (excluding diaryl/α,β-unsaturated/α-hetero) is 1. The van der Waals surface area contributed by atoms with E-state index < -0.39 is 12.1 Å². The number of fused-ring (bicyclic) bond motifs is 2. The van der Waals surface area contributed by atoms with Gasteiger partial charge in [0.2, 0.25) is 0 Å². The zero-order valence-electron chi connectivity index (χ0n) is 23.2. The second-order valence-electron chi connectivity index (χ2n) is 10.2. The zero-order valence-corrected chi connectivity index (χ0v) is 23.2. The van der Waals surface area contributed by atoms with E-state index in [2.05, 4.69) is 35.6 Å². The van der Waals surface area contributed by atoms with Crippen LogP contribution in [0.1, 0.15) is 27.5 Å². The SMILES string of the molecule is COc1ccc(N[C@H](c2ccc(F)cc2)[C@H](OCc2c3ccccc3cc3ccccc23)C(=O)c2ccccc2)cc1. The number of ether oxygens (including phenoxy) is 2. The monoisotopic (exact) mass is 555 g/mol. The minimum absolute atomic E-state index is 0.171. The van der Waals surface area contributed by atoms with E-state index in [0.29, 0.717) is 5.56 Å². The first-order chi connectivity index (χ1) is 20.6.